The highest BCUT2D eigenvalue weighted by molar-refractivity contribution is 7.99. The van der Waals surface area contributed by atoms with Crippen molar-refractivity contribution in [1.29, 1.82) is 0 Å². The lowest BCUT2D eigenvalue weighted by atomic mass is 10.3. The number of pyridine rings is 1. The highest BCUT2D eigenvalue weighted by Crippen LogP contribution is 2.28. The van der Waals surface area contributed by atoms with E-state index in [1.165, 1.54) is 18.0 Å². The second-order valence-corrected chi connectivity index (χ2v) is 5.56. The number of aromatic nitrogens is 1. The normalized spacial score (nSPS) is 10.8. The number of carbonyl (C=O) groups is 1. The van der Waals surface area contributed by atoms with Crippen molar-refractivity contribution >= 4 is 23.9 Å². The van der Waals surface area contributed by atoms with Gasteiger partial charge in [0, 0.05) is 11.1 Å². The minimum atomic E-state index is -0.368. The first-order valence-electron chi connectivity index (χ1n) is 6.88. The number of nitrogens with zero attached hydrogens (tertiary/aromatic N) is 2. The van der Waals surface area contributed by atoms with Gasteiger partial charge in [-0.1, -0.05) is 36.0 Å². The van der Waals surface area contributed by atoms with Gasteiger partial charge in [-0.2, -0.15) is 5.10 Å². The van der Waals surface area contributed by atoms with Crippen LogP contribution in [0.2, 0.25) is 0 Å². The van der Waals surface area contributed by atoms with E-state index in [-0.39, 0.29) is 5.91 Å². The molecule has 3 rings (SSSR count). The van der Waals surface area contributed by atoms with Gasteiger partial charge in [0.1, 0.15) is 11.5 Å². The zero-order valence-corrected chi connectivity index (χ0v) is 12.9. The first-order valence-corrected chi connectivity index (χ1v) is 7.70. The van der Waals surface area contributed by atoms with Crippen molar-refractivity contribution in [2.45, 2.75) is 9.99 Å². The molecule has 1 amide bonds. The minimum Gasteiger partial charge on any atom is -0.448 e. The highest BCUT2D eigenvalue weighted by Gasteiger charge is 2.05. The molecule has 3 aromatic rings. The number of hydrogen-bond acceptors (Lipinski definition) is 5. The lowest BCUT2D eigenvalue weighted by Crippen LogP contribution is -2.18. The van der Waals surface area contributed by atoms with Crippen molar-refractivity contribution in [3.63, 3.8) is 0 Å². The largest absolute Gasteiger partial charge is 0.448 e. The van der Waals surface area contributed by atoms with Gasteiger partial charge in [-0.05, 0) is 36.4 Å². The maximum Gasteiger partial charge on any atom is 0.289 e. The third kappa shape index (κ3) is 4.31. The lowest BCUT2D eigenvalue weighted by molar-refractivity contribution is 0.0950. The second kappa shape index (κ2) is 7.42. The molecule has 0 saturated heterocycles. The number of amides is 1. The number of furan rings is 1. The fraction of sp³-hybridized carbons (Fsp3) is 0. The second-order valence-electron chi connectivity index (χ2n) is 4.49. The van der Waals surface area contributed by atoms with Gasteiger partial charge in [0.25, 0.3) is 5.91 Å². The summed E-state index contributed by atoms with van der Waals surface area (Å²) in [7, 11) is 0. The SMILES string of the molecule is O=C(N/N=C\c1ccc(Sc2ccccc2)o1)c1ccccn1. The summed E-state index contributed by atoms with van der Waals surface area (Å²) in [6, 6.07) is 18.7. The van der Waals surface area contributed by atoms with E-state index in [0.717, 1.165) is 9.99 Å². The molecule has 0 aliphatic rings. The first kappa shape index (κ1) is 15.1. The van der Waals surface area contributed by atoms with Crippen LogP contribution >= 0.6 is 11.8 Å². The van der Waals surface area contributed by atoms with Crippen LogP contribution in [0.3, 0.4) is 0 Å². The quantitative estimate of drug-likeness (QED) is 0.575. The number of carbonyl (C=O) groups excluding carboxylic acids is 1. The van der Waals surface area contributed by atoms with Crippen molar-refractivity contribution < 1.29 is 9.21 Å². The van der Waals surface area contributed by atoms with E-state index < -0.39 is 0 Å². The molecule has 2 aromatic heterocycles. The molecular formula is C17H13N3O2S. The van der Waals surface area contributed by atoms with Gasteiger partial charge in [0.15, 0.2) is 5.09 Å². The van der Waals surface area contributed by atoms with Crippen LogP contribution in [-0.2, 0) is 0 Å². The van der Waals surface area contributed by atoms with E-state index in [0.29, 0.717) is 11.5 Å². The fourth-order valence-corrected chi connectivity index (χ4v) is 2.57. The molecule has 1 aromatic carbocycles. The van der Waals surface area contributed by atoms with Crippen LogP contribution in [0.5, 0.6) is 0 Å². The Balaban J connectivity index is 1.57. The molecule has 0 fully saturated rings. The fourth-order valence-electron chi connectivity index (χ4n) is 1.77. The van der Waals surface area contributed by atoms with Crippen LogP contribution in [0, 0.1) is 0 Å². The Bertz CT molecular complexity index is 801. The molecule has 0 unspecified atom stereocenters. The van der Waals surface area contributed by atoms with Crippen LogP contribution in [-0.4, -0.2) is 17.1 Å². The van der Waals surface area contributed by atoms with E-state index >= 15 is 0 Å². The van der Waals surface area contributed by atoms with E-state index in [1.54, 1.807) is 30.5 Å². The average molecular weight is 323 g/mol. The monoisotopic (exact) mass is 323 g/mol. The lowest BCUT2D eigenvalue weighted by Gasteiger charge is -1.97. The summed E-state index contributed by atoms with van der Waals surface area (Å²) in [5.41, 5.74) is 2.72. The molecule has 0 saturated carbocycles. The zero-order chi connectivity index (χ0) is 15.9. The standard InChI is InChI=1S/C17H13N3O2S/c21-17(15-8-4-5-11-18-15)20-19-12-13-9-10-16(22-13)23-14-6-2-1-3-7-14/h1-12H,(H,20,21)/b19-12-. The highest BCUT2D eigenvalue weighted by atomic mass is 32.2. The molecule has 6 heteroatoms. The summed E-state index contributed by atoms with van der Waals surface area (Å²) >= 11 is 1.52. The first-order chi connectivity index (χ1) is 11.3. The van der Waals surface area contributed by atoms with E-state index in [4.69, 9.17) is 4.42 Å². The Kier molecular flexibility index (Phi) is 4.85. The molecule has 5 nitrogen and oxygen atoms in total. The number of rotatable bonds is 5. The number of benzene rings is 1. The summed E-state index contributed by atoms with van der Waals surface area (Å²) in [6.07, 6.45) is 3.01. The molecular weight excluding hydrogens is 310 g/mol. The van der Waals surface area contributed by atoms with Gasteiger partial charge < -0.3 is 4.42 Å². The van der Waals surface area contributed by atoms with Crippen LogP contribution in [0.1, 0.15) is 16.2 Å². The van der Waals surface area contributed by atoms with Gasteiger partial charge in [-0.15, -0.1) is 0 Å². The van der Waals surface area contributed by atoms with Gasteiger partial charge in [0.2, 0.25) is 0 Å². The minimum absolute atomic E-state index is 0.310. The van der Waals surface area contributed by atoms with Gasteiger partial charge in [-0.25, -0.2) is 5.43 Å². The van der Waals surface area contributed by atoms with E-state index in [2.05, 4.69) is 15.5 Å². The summed E-state index contributed by atoms with van der Waals surface area (Å²) < 4.78 is 5.62. The van der Waals surface area contributed by atoms with Crippen LogP contribution < -0.4 is 5.43 Å². The maximum atomic E-state index is 11.8. The van der Waals surface area contributed by atoms with Crippen molar-refractivity contribution in [2.75, 3.05) is 0 Å². The Morgan fingerprint density at radius 3 is 2.70 bits per heavy atom. The van der Waals surface area contributed by atoms with Crippen molar-refractivity contribution in [3.05, 3.63) is 78.3 Å². The Labute approximate surface area is 137 Å². The summed E-state index contributed by atoms with van der Waals surface area (Å²) in [5, 5.41) is 4.63. The molecule has 0 aliphatic carbocycles. The molecule has 0 bridgehead atoms. The third-order valence-corrected chi connectivity index (χ3v) is 3.75. The molecule has 0 spiro atoms. The topological polar surface area (TPSA) is 67.5 Å². The summed E-state index contributed by atoms with van der Waals surface area (Å²) in [4.78, 5) is 16.8. The molecule has 23 heavy (non-hydrogen) atoms. The Morgan fingerprint density at radius 2 is 1.91 bits per heavy atom. The third-order valence-electron chi connectivity index (χ3n) is 2.82. The van der Waals surface area contributed by atoms with Gasteiger partial charge in [-0.3, -0.25) is 9.78 Å². The predicted molar refractivity (Wildman–Crippen MR) is 88.6 cm³/mol. The summed E-state index contributed by atoms with van der Waals surface area (Å²) in [6.45, 7) is 0. The molecule has 0 aliphatic heterocycles. The van der Waals surface area contributed by atoms with E-state index in [9.17, 15) is 4.79 Å². The predicted octanol–water partition coefficient (Wildman–Crippen LogP) is 3.59. The van der Waals surface area contributed by atoms with Crippen molar-refractivity contribution in [2.24, 2.45) is 5.10 Å². The molecule has 0 atom stereocenters. The molecule has 114 valence electrons. The Morgan fingerprint density at radius 1 is 1.09 bits per heavy atom. The van der Waals surface area contributed by atoms with Crippen molar-refractivity contribution in [1.82, 2.24) is 10.4 Å². The van der Waals surface area contributed by atoms with E-state index in [1.807, 2.05) is 36.4 Å². The van der Waals surface area contributed by atoms with Crippen LogP contribution in [0.15, 0.2) is 86.4 Å². The van der Waals surface area contributed by atoms with Crippen LogP contribution in [0.25, 0.3) is 0 Å². The maximum absolute atomic E-state index is 11.8. The molecule has 1 N–H and O–H groups in total. The number of hydrazone groups is 1. The van der Waals surface area contributed by atoms with Gasteiger partial charge >= 0.3 is 0 Å². The van der Waals surface area contributed by atoms with Gasteiger partial charge in [0.05, 0.1) is 6.21 Å². The van der Waals surface area contributed by atoms with Crippen LogP contribution in [0.4, 0.5) is 0 Å². The summed E-state index contributed by atoms with van der Waals surface area (Å²) in [5.74, 6) is 0.192. The number of nitrogens with one attached hydrogen (secondary N) is 1. The number of hydrogen-bond donors (Lipinski definition) is 1. The molecule has 0 radical (unpaired) electrons. The smallest absolute Gasteiger partial charge is 0.289 e. The average Bonchev–Trinajstić information content (AvgIpc) is 3.04. The molecule has 2 heterocycles. The van der Waals surface area contributed by atoms with Crippen molar-refractivity contribution in [3.8, 4) is 0 Å². The zero-order valence-electron chi connectivity index (χ0n) is 12.0. The Hall–Kier alpha value is -2.86.